The molecule has 0 aliphatic carbocycles. The number of amides is 2. The van der Waals surface area contributed by atoms with E-state index in [0.29, 0.717) is 18.2 Å². The van der Waals surface area contributed by atoms with Crippen molar-refractivity contribution < 1.29 is 9.59 Å². The maximum atomic E-state index is 12.6. The number of rotatable bonds is 11. The predicted octanol–water partition coefficient (Wildman–Crippen LogP) is 7.03. The lowest BCUT2D eigenvalue weighted by molar-refractivity contribution is -0.129. The Hall–Kier alpha value is -4.27. The summed E-state index contributed by atoms with van der Waals surface area (Å²) in [5, 5.41) is 3.13. The van der Waals surface area contributed by atoms with Gasteiger partial charge in [0.05, 0.1) is 35.5 Å². The van der Waals surface area contributed by atoms with Crippen molar-refractivity contribution in [2.24, 2.45) is 28.4 Å². The summed E-state index contributed by atoms with van der Waals surface area (Å²) in [4.78, 5) is 45.4. The Bertz CT molecular complexity index is 1570. The van der Waals surface area contributed by atoms with Crippen molar-refractivity contribution in [3.63, 3.8) is 0 Å². The number of nitrogens with two attached hydrogens (primary N) is 1. The molecule has 0 bridgehead atoms. The van der Waals surface area contributed by atoms with Crippen molar-refractivity contribution in [1.82, 2.24) is 30.2 Å². The molecule has 0 spiro atoms. The second kappa shape index (κ2) is 12.8. The van der Waals surface area contributed by atoms with E-state index in [1.54, 1.807) is 6.20 Å². The topological polar surface area (TPSA) is 142 Å². The molecule has 44 heavy (non-hydrogen) atoms. The average molecular weight is 598 g/mol. The van der Waals surface area contributed by atoms with E-state index in [1.807, 2.05) is 59.1 Å². The van der Waals surface area contributed by atoms with Gasteiger partial charge in [0.25, 0.3) is 0 Å². The molecule has 4 aromatic rings. The minimum atomic E-state index is -0.618. The molecule has 0 saturated heterocycles. The Labute approximate surface area is 260 Å². The highest BCUT2D eigenvalue weighted by molar-refractivity contribution is 5.81. The van der Waals surface area contributed by atoms with Crippen LogP contribution in [0.1, 0.15) is 92.3 Å². The van der Waals surface area contributed by atoms with Gasteiger partial charge in [-0.3, -0.25) is 14.6 Å². The van der Waals surface area contributed by atoms with Crippen LogP contribution in [0.25, 0.3) is 33.8 Å². The molecule has 234 valence electrons. The number of nitrogens with one attached hydrogen (secondary N) is 3. The molecule has 2 amide bonds. The van der Waals surface area contributed by atoms with Gasteiger partial charge in [-0.15, -0.1) is 0 Å². The number of H-pyrrole nitrogens is 2. The second-order valence-electron chi connectivity index (χ2n) is 14.1. The fourth-order valence-corrected chi connectivity index (χ4v) is 5.07. The van der Waals surface area contributed by atoms with E-state index in [2.05, 4.69) is 77.2 Å². The molecule has 0 unspecified atom stereocenters. The number of nitrogens with zero attached hydrogens (tertiary/aromatic N) is 3. The number of carbonyl (C=O) groups is 2. The van der Waals surface area contributed by atoms with Gasteiger partial charge in [-0.05, 0) is 35.4 Å². The van der Waals surface area contributed by atoms with Gasteiger partial charge in [0.15, 0.2) is 0 Å². The van der Waals surface area contributed by atoms with Crippen LogP contribution < -0.4 is 11.1 Å². The average Bonchev–Trinajstić information content (AvgIpc) is 3.64. The summed E-state index contributed by atoms with van der Waals surface area (Å²) in [5.41, 5.74) is 10.1. The molecular formula is C35H47N7O2. The van der Waals surface area contributed by atoms with Crippen molar-refractivity contribution >= 4 is 11.8 Å². The number of aromatic amines is 2. The van der Waals surface area contributed by atoms with Crippen molar-refractivity contribution in [1.29, 1.82) is 0 Å². The Morgan fingerprint density at radius 3 is 1.86 bits per heavy atom. The molecule has 1 aromatic carbocycles. The molecule has 3 aromatic heterocycles. The number of primary amides is 1. The minimum Gasteiger partial charge on any atom is -0.369 e. The summed E-state index contributed by atoms with van der Waals surface area (Å²) in [6, 6.07) is 12.1. The van der Waals surface area contributed by atoms with Crippen molar-refractivity contribution in [3.05, 3.63) is 66.6 Å². The summed E-state index contributed by atoms with van der Waals surface area (Å²) in [6.07, 6.45) is 6.10. The molecule has 0 aliphatic rings. The van der Waals surface area contributed by atoms with Gasteiger partial charge < -0.3 is 21.0 Å². The summed E-state index contributed by atoms with van der Waals surface area (Å²) < 4.78 is 0. The number of imidazole rings is 2. The summed E-state index contributed by atoms with van der Waals surface area (Å²) >= 11 is 0. The standard InChI is InChI=1S/C35H47N7O2/c1-20(2)25(16-35(8,9)32(36)43)30-38-18-27(40-30)23-12-10-22(11-13-23)24-14-15-26(37-17-24)28-19-39-31(41-28)29(21(3)4)42-33(44)34(5,6)7/h10-15,17-21,25,29H,16H2,1-9H3,(H2,36,43)(H,38,40)(H,39,41)(H,42,44)/t25-,29-/m0/s1. The third-order valence-corrected chi connectivity index (χ3v) is 8.24. The Morgan fingerprint density at radius 2 is 1.32 bits per heavy atom. The highest BCUT2D eigenvalue weighted by Gasteiger charge is 2.32. The quantitative estimate of drug-likeness (QED) is 0.147. The van der Waals surface area contributed by atoms with Gasteiger partial charge in [-0.25, -0.2) is 9.97 Å². The fraction of sp³-hybridized carbons (Fsp3) is 0.457. The lowest BCUT2D eigenvalue weighted by Gasteiger charge is -2.28. The normalized spacial score (nSPS) is 13.7. The largest absolute Gasteiger partial charge is 0.369 e. The van der Waals surface area contributed by atoms with Crippen LogP contribution in [0, 0.1) is 22.7 Å². The van der Waals surface area contributed by atoms with Crippen LogP contribution in [0.4, 0.5) is 0 Å². The maximum Gasteiger partial charge on any atom is 0.225 e. The zero-order valence-corrected chi connectivity index (χ0v) is 27.4. The SMILES string of the molecule is CC(C)[C@H](CC(C)(C)C(N)=O)c1ncc(-c2ccc(-c3ccc(-c4cnc([C@@H](NC(=O)C(C)(C)C)C(C)C)[nH]4)nc3)cc2)[nH]1. The number of hydrogen-bond acceptors (Lipinski definition) is 5. The predicted molar refractivity (Wildman–Crippen MR) is 175 cm³/mol. The first-order valence-electron chi connectivity index (χ1n) is 15.3. The Balaban J connectivity index is 1.48. The van der Waals surface area contributed by atoms with Crippen molar-refractivity contribution in [3.8, 4) is 33.8 Å². The Kier molecular flexibility index (Phi) is 9.47. The third kappa shape index (κ3) is 7.44. The highest BCUT2D eigenvalue weighted by atomic mass is 16.2. The van der Waals surface area contributed by atoms with Gasteiger partial charge in [-0.1, -0.05) is 92.6 Å². The number of carbonyl (C=O) groups excluding carboxylic acids is 2. The number of benzene rings is 1. The molecule has 3 heterocycles. The molecule has 0 aliphatic heterocycles. The zero-order valence-electron chi connectivity index (χ0n) is 27.4. The fourth-order valence-electron chi connectivity index (χ4n) is 5.07. The van der Waals surface area contributed by atoms with Crippen LogP contribution in [-0.4, -0.2) is 36.7 Å². The van der Waals surface area contributed by atoms with E-state index < -0.39 is 10.8 Å². The van der Waals surface area contributed by atoms with E-state index in [1.165, 1.54) is 0 Å². The molecule has 2 atom stereocenters. The van der Waals surface area contributed by atoms with Gasteiger partial charge in [0, 0.05) is 28.5 Å². The van der Waals surface area contributed by atoms with E-state index in [4.69, 9.17) is 10.7 Å². The smallest absolute Gasteiger partial charge is 0.225 e. The Morgan fingerprint density at radius 1 is 0.750 bits per heavy atom. The van der Waals surface area contributed by atoms with E-state index in [-0.39, 0.29) is 29.7 Å². The van der Waals surface area contributed by atoms with Crippen LogP contribution in [0.15, 0.2) is 55.0 Å². The first-order valence-corrected chi connectivity index (χ1v) is 15.3. The number of pyridine rings is 1. The van der Waals surface area contributed by atoms with Crippen molar-refractivity contribution in [2.75, 3.05) is 0 Å². The minimum absolute atomic E-state index is 0.0142. The van der Waals surface area contributed by atoms with Gasteiger partial charge >= 0.3 is 0 Å². The molecule has 9 heteroatoms. The van der Waals surface area contributed by atoms with Crippen LogP contribution in [0.3, 0.4) is 0 Å². The first kappa shape index (κ1) is 32.6. The molecule has 0 radical (unpaired) electrons. The van der Waals surface area contributed by atoms with Gasteiger partial charge in [0.2, 0.25) is 11.8 Å². The lowest BCUT2D eigenvalue weighted by Crippen LogP contribution is -2.39. The summed E-state index contributed by atoms with van der Waals surface area (Å²) in [6.45, 7) is 17.9. The monoisotopic (exact) mass is 597 g/mol. The maximum absolute atomic E-state index is 12.6. The number of hydrogen-bond donors (Lipinski definition) is 4. The second-order valence-corrected chi connectivity index (χ2v) is 14.1. The zero-order chi connectivity index (χ0) is 32.4. The van der Waals surface area contributed by atoms with E-state index in [0.717, 1.165) is 39.6 Å². The third-order valence-electron chi connectivity index (χ3n) is 8.24. The molecule has 0 fully saturated rings. The number of aromatic nitrogens is 5. The van der Waals surface area contributed by atoms with Crippen LogP contribution in [-0.2, 0) is 9.59 Å². The van der Waals surface area contributed by atoms with Crippen LogP contribution in [0.5, 0.6) is 0 Å². The molecule has 4 rings (SSSR count). The highest BCUT2D eigenvalue weighted by Crippen LogP contribution is 2.36. The molecule has 9 nitrogen and oxygen atoms in total. The molecular weight excluding hydrogens is 550 g/mol. The summed E-state index contributed by atoms with van der Waals surface area (Å²) in [5.74, 6) is 1.81. The van der Waals surface area contributed by atoms with Crippen molar-refractivity contribution in [2.45, 2.75) is 80.7 Å². The van der Waals surface area contributed by atoms with Crippen LogP contribution in [0.2, 0.25) is 0 Å². The van der Waals surface area contributed by atoms with Gasteiger partial charge in [0.1, 0.15) is 11.6 Å². The summed E-state index contributed by atoms with van der Waals surface area (Å²) in [7, 11) is 0. The lowest BCUT2D eigenvalue weighted by atomic mass is 9.77. The molecule has 0 saturated carbocycles. The van der Waals surface area contributed by atoms with E-state index >= 15 is 0 Å². The van der Waals surface area contributed by atoms with Crippen LogP contribution >= 0.6 is 0 Å². The molecule has 5 N–H and O–H groups in total. The van der Waals surface area contributed by atoms with Gasteiger partial charge in [-0.2, -0.15) is 0 Å². The first-order chi connectivity index (χ1) is 20.6. The van der Waals surface area contributed by atoms with E-state index in [9.17, 15) is 9.59 Å².